The summed E-state index contributed by atoms with van der Waals surface area (Å²) in [7, 11) is 1.45. The van der Waals surface area contributed by atoms with Crippen molar-refractivity contribution in [3.8, 4) is 11.9 Å². The molecule has 254 valence electrons. The number of nitrogens with zero attached hydrogens (tertiary/aromatic N) is 6. The molecule has 2 aliphatic rings. The number of nitriles is 1. The molecule has 15 heteroatoms. The molecule has 1 fully saturated rings. The van der Waals surface area contributed by atoms with Crippen LogP contribution in [0.2, 0.25) is 0 Å². The van der Waals surface area contributed by atoms with Crippen LogP contribution in [0.15, 0.2) is 42.7 Å². The summed E-state index contributed by atoms with van der Waals surface area (Å²) in [6, 6.07) is 6.26. The minimum absolute atomic E-state index is 0.113. The lowest BCUT2D eigenvalue weighted by Gasteiger charge is -2.40. The number of pyridine rings is 1. The molecular weight excluding hydrogens is 631 g/mol. The van der Waals surface area contributed by atoms with E-state index in [1.54, 1.807) is 31.5 Å². The zero-order valence-corrected chi connectivity index (χ0v) is 26.7. The topological polar surface area (TPSA) is 154 Å². The zero-order chi connectivity index (χ0) is 34.6. The first kappa shape index (κ1) is 34.4. The van der Waals surface area contributed by atoms with Crippen LogP contribution in [0.5, 0.6) is 5.88 Å². The van der Waals surface area contributed by atoms with Gasteiger partial charge in [-0.3, -0.25) is 15.0 Å². The van der Waals surface area contributed by atoms with Gasteiger partial charge in [-0.15, -0.1) is 0 Å². The third-order valence-corrected chi connectivity index (χ3v) is 8.72. The first-order valence-corrected chi connectivity index (χ1v) is 15.7. The number of anilines is 2. The SMILES string of the molecule is CCOC(=O)N1c2ccc(OC)nc2[C@@H](NC(c2cc(C#N)cc(C(F)(F)F)c2)c2ncc(N3CCC(C(=O)O)CC3)cn2)C[C@H]1CC. The van der Waals surface area contributed by atoms with Gasteiger partial charge in [-0.25, -0.2) is 19.7 Å². The standard InChI is InChI=1S/C33H36F3N7O5/c1-4-23-15-25(29-26(6-7-27(41-29)47-3)43(23)32(46)48-5-2)40-28(21-12-19(16-37)13-22(14-21)33(34,35)36)30-38-17-24(18-39-30)42-10-8-20(9-11-42)31(44)45/h6-7,12-14,17-18,20,23,25,28,40H,4-5,8-11,15H2,1-3H3,(H,44,45)/t23-,25+,28?/m1/s1. The molecule has 0 spiro atoms. The number of piperidine rings is 1. The van der Waals surface area contributed by atoms with Crippen molar-refractivity contribution in [3.05, 3.63) is 70.9 Å². The number of benzene rings is 1. The molecule has 1 saturated heterocycles. The summed E-state index contributed by atoms with van der Waals surface area (Å²) in [5.74, 6) is -0.843. The van der Waals surface area contributed by atoms with Crippen LogP contribution in [0.3, 0.4) is 0 Å². The highest BCUT2D eigenvalue weighted by Crippen LogP contribution is 2.41. The molecule has 4 heterocycles. The molecule has 48 heavy (non-hydrogen) atoms. The Morgan fingerprint density at radius 2 is 1.85 bits per heavy atom. The molecule has 0 radical (unpaired) electrons. The Labute approximate surface area is 275 Å². The fraction of sp³-hybridized carbons (Fsp3) is 0.455. The minimum atomic E-state index is -4.72. The van der Waals surface area contributed by atoms with E-state index in [1.165, 1.54) is 18.1 Å². The highest BCUT2D eigenvalue weighted by atomic mass is 19.4. The number of halogens is 3. The maximum absolute atomic E-state index is 14.0. The molecular formula is C33H36F3N7O5. The molecule has 0 aliphatic carbocycles. The average Bonchev–Trinajstić information content (AvgIpc) is 3.09. The second-order valence-electron chi connectivity index (χ2n) is 11.6. The van der Waals surface area contributed by atoms with Crippen molar-refractivity contribution in [2.75, 3.05) is 36.6 Å². The summed E-state index contributed by atoms with van der Waals surface area (Å²) in [5, 5.41) is 22.4. The summed E-state index contributed by atoms with van der Waals surface area (Å²) in [6.45, 7) is 4.76. The zero-order valence-electron chi connectivity index (χ0n) is 26.7. The third kappa shape index (κ3) is 7.28. The number of carboxylic acid groups (broad SMARTS) is 1. The summed E-state index contributed by atoms with van der Waals surface area (Å²) in [5.41, 5.74) is 0.461. The molecule has 12 nitrogen and oxygen atoms in total. The number of fused-ring (bicyclic) bond motifs is 1. The van der Waals surface area contributed by atoms with Gasteiger partial charge in [0.2, 0.25) is 5.88 Å². The number of methoxy groups -OCH3 is 1. The second-order valence-corrected chi connectivity index (χ2v) is 11.6. The van der Waals surface area contributed by atoms with Gasteiger partial charge in [0.25, 0.3) is 0 Å². The molecule has 2 aromatic heterocycles. The smallest absolute Gasteiger partial charge is 0.416 e. The van der Waals surface area contributed by atoms with Gasteiger partial charge in [-0.05, 0) is 62.4 Å². The van der Waals surface area contributed by atoms with Crippen molar-refractivity contribution in [1.29, 1.82) is 5.26 Å². The van der Waals surface area contributed by atoms with Crippen molar-refractivity contribution in [2.45, 2.75) is 63.8 Å². The van der Waals surface area contributed by atoms with Crippen LogP contribution in [-0.4, -0.2) is 65.0 Å². The molecule has 0 saturated carbocycles. The molecule has 5 rings (SSSR count). The number of rotatable bonds is 9. The number of ether oxygens (including phenoxy) is 2. The van der Waals surface area contributed by atoms with Gasteiger partial charge in [0.05, 0.1) is 78.4 Å². The van der Waals surface area contributed by atoms with Crippen LogP contribution in [0.1, 0.15) is 79.8 Å². The van der Waals surface area contributed by atoms with E-state index in [4.69, 9.17) is 9.47 Å². The number of carboxylic acids is 1. The van der Waals surface area contributed by atoms with Crippen LogP contribution in [0, 0.1) is 17.2 Å². The van der Waals surface area contributed by atoms with E-state index in [9.17, 15) is 33.1 Å². The number of amides is 1. The van der Waals surface area contributed by atoms with E-state index in [0.717, 1.165) is 12.1 Å². The first-order chi connectivity index (χ1) is 23.0. The largest absolute Gasteiger partial charge is 0.481 e. The van der Waals surface area contributed by atoms with E-state index >= 15 is 0 Å². The Morgan fingerprint density at radius 1 is 1.15 bits per heavy atom. The Hall–Kier alpha value is -4.97. The molecule has 2 aliphatic heterocycles. The van der Waals surface area contributed by atoms with E-state index < -0.39 is 41.8 Å². The fourth-order valence-electron chi connectivity index (χ4n) is 6.24. The summed E-state index contributed by atoms with van der Waals surface area (Å²) >= 11 is 0. The molecule has 1 aromatic carbocycles. The van der Waals surface area contributed by atoms with Crippen LogP contribution < -0.4 is 19.9 Å². The van der Waals surface area contributed by atoms with E-state index in [-0.39, 0.29) is 35.5 Å². The Bertz CT molecular complexity index is 1670. The summed E-state index contributed by atoms with van der Waals surface area (Å²) in [6.07, 6.45) is -0.370. The number of hydrogen-bond donors (Lipinski definition) is 2. The van der Waals surface area contributed by atoms with Crippen LogP contribution >= 0.6 is 0 Å². The van der Waals surface area contributed by atoms with Crippen LogP contribution in [-0.2, 0) is 15.7 Å². The predicted molar refractivity (Wildman–Crippen MR) is 167 cm³/mol. The molecule has 1 unspecified atom stereocenters. The van der Waals surface area contributed by atoms with Crippen molar-refractivity contribution < 1.29 is 37.3 Å². The first-order valence-electron chi connectivity index (χ1n) is 15.7. The highest BCUT2D eigenvalue weighted by Gasteiger charge is 2.40. The Morgan fingerprint density at radius 3 is 2.44 bits per heavy atom. The van der Waals surface area contributed by atoms with E-state index in [0.29, 0.717) is 55.8 Å². The van der Waals surface area contributed by atoms with Gasteiger partial charge in [0, 0.05) is 25.2 Å². The van der Waals surface area contributed by atoms with Gasteiger partial charge in [-0.2, -0.15) is 18.4 Å². The monoisotopic (exact) mass is 667 g/mol. The number of nitrogens with one attached hydrogen (secondary N) is 1. The number of alkyl halides is 3. The molecule has 3 atom stereocenters. The minimum Gasteiger partial charge on any atom is -0.481 e. The van der Waals surface area contributed by atoms with Gasteiger partial charge >= 0.3 is 18.2 Å². The molecule has 0 bridgehead atoms. The maximum atomic E-state index is 14.0. The van der Waals surface area contributed by atoms with Gasteiger partial charge < -0.3 is 19.5 Å². The van der Waals surface area contributed by atoms with Crippen LogP contribution in [0.25, 0.3) is 0 Å². The lowest BCUT2D eigenvalue weighted by Crippen LogP contribution is -2.48. The quantitative estimate of drug-likeness (QED) is 0.292. The third-order valence-electron chi connectivity index (χ3n) is 8.72. The van der Waals surface area contributed by atoms with Gasteiger partial charge in [-0.1, -0.05) is 6.92 Å². The second kappa shape index (κ2) is 14.4. The number of hydrogen-bond acceptors (Lipinski definition) is 10. The number of aliphatic carboxylic acids is 1. The molecule has 3 aromatic rings. The van der Waals surface area contributed by atoms with Gasteiger partial charge in [0.15, 0.2) is 0 Å². The average molecular weight is 668 g/mol. The van der Waals surface area contributed by atoms with Crippen molar-refractivity contribution in [3.63, 3.8) is 0 Å². The Balaban J connectivity index is 1.57. The fourth-order valence-corrected chi connectivity index (χ4v) is 6.24. The van der Waals surface area contributed by atoms with Crippen molar-refractivity contribution in [1.82, 2.24) is 20.3 Å². The highest BCUT2D eigenvalue weighted by molar-refractivity contribution is 5.90. The lowest BCUT2D eigenvalue weighted by molar-refractivity contribution is -0.142. The van der Waals surface area contributed by atoms with Crippen molar-refractivity contribution >= 4 is 23.4 Å². The molecule has 1 amide bonds. The predicted octanol–water partition coefficient (Wildman–Crippen LogP) is 5.64. The maximum Gasteiger partial charge on any atom is 0.416 e. The number of carbonyl (C=O) groups excluding carboxylic acids is 1. The number of aromatic nitrogens is 3. The lowest BCUT2D eigenvalue weighted by atomic mass is 9.91. The van der Waals surface area contributed by atoms with Gasteiger partial charge in [0.1, 0.15) is 5.82 Å². The summed E-state index contributed by atoms with van der Waals surface area (Å²) in [4.78, 5) is 41.8. The number of carbonyl (C=O) groups is 2. The molecule has 2 N–H and O–H groups in total. The normalized spacial score (nSPS) is 18.9. The summed E-state index contributed by atoms with van der Waals surface area (Å²) < 4.78 is 52.8. The Kier molecular flexibility index (Phi) is 10.3. The van der Waals surface area contributed by atoms with Crippen LogP contribution in [0.4, 0.5) is 29.3 Å². The van der Waals surface area contributed by atoms with Crippen molar-refractivity contribution in [2.24, 2.45) is 5.92 Å². The van der Waals surface area contributed by atoms with E-state index in [2.05, 4.69) is 20.3 Å². The van der Waals surface area contributed by atoms with E-state index in [1.807, 2.05) is 17.9 Å².